The van der Waals surface area contributed by atoms with Gasteiger partial charge in [-0.25, -0.2) is 4.98 Å². The molecule has 1 heterocycles. The quantitative estimate of drug-likeness (QED) is 0.780. The van der Waals surface area contributed by atoms with Gasteiger partial charge in [-0.3, -0.25) is 0 Å². The van der Waals surface area contributed by atoms with Crippen LogP contribution in [-0.4, -0.2) is 4.98 Å². The first-order chi connectivity index (χ1) is 8.69. The first-order valence-electron chi connectivity index (χ1n) is 5.75. The van der Waals surface area contributed by atoms with Gasteiger partial charge in [0.05, 0.1) is 5.03 Å². The average molecular weight is 254 g/mol. The number of aromatic nitrogens is 1. The molecule has 0 radical (unpaired) electrons. The molecule has 0 aliphatic heterocycles. The normalized spacial score (nSPS) is 10.1. The highest BCUT2D eigenvalue weighted by Gasteiger charge is 2.02. The number of benzene rings is 1. The zero-order chi connectivity index (χ0) is 13.0. The second kappa shape index (κ2) is 5.70. The van der Waals surface area contributed by atoms with Crippen molar-refractivity contribution in [2.45, 2.75) is 24.6 Å². The van der Waals surface area contributed by atoms with E-state index >= 15 is 0 Å². The number of hydrogen-bond donors (Lipinski definition) is 0. The molecule has 3 heteroatoms. The van der Waals surface area contributed by atoms with Crippen LogP contribution in [0.25, 0.3) is 0 Å². The second-order valence-electron chi connectivity index (χ2n) is 4.19. The van der Waals surface area contributed by atoms with Crippen molar-refractivity contribution in [2.75, 3.05) is 0 Å². The van der Waals surface area contributed by atoms with Gasteiger partial charge >= 0.3 is 0 Å². The Kier molecular flexibility index (Phi) is 4.01. The molecule has 0 unspecified atom stereocenters. The molecule has 0 amide bonds. The summed E-state index contributed by atoms with van der Waals surface area (Å²) in [6.45, 7) is 4.22. The minimum absolute atomic E-state index is 0.473. The third-order valence-electron chi connectivity index (χ3n) is 2.72. The summed E-state index contributed by atoms with van der Waals surface area (Å²) < 4.78 is 0. The molecule has 90 valence electrons. The molecule has 0 fully saturated rings. The van der Waals surface area contributed by atoms with Crippen LogP contribution in [0.5, 0.6) is 0 Å². The smallest absolute Gasteiger partial charge is 0.141 e. The van der Waals surface area contributed by atoms with Gasteiger partial charge in [0.25, 0.3) is 0 Å². The van der Waals surface area contributed by atoms with Crippen LogP contribution in [0.15, 0.2) is 41.4 Å². The van der Waals surface area contributed by atoms with Crippen molar-refractivity contribution in [3.63, 3.8) is 0 Å². The highest BCUT2D eigenvalue weighted by Crippen LogP contribution is 2.23. The van der Waals surface area contributed by atoms with E-state index in [1.54, 1.807) is 17.8 Å². The molecule has 2 aromatic rings. The van der Waals surface area contributed by atoms with E-state index in [2.05, 4.69) is 43.1 Å². The standard InChI is InChI=1S/C15H14N2S/c1-11-6-7-12(2)13(8-11)10-18-15-5-3-4-14(9-16)17-15/h3-8H,10H2,1-2H3. The summed E-state index contributed by atoms with van der Waals surface area (Å²) in [6.07, 6.45) is 0. The topological polar surface area (TPSA) is 36.7 Å². The molecule has 0 N–H and O–H groups in total. The lowest BCUT2D eigenvalue weighted by atomic mass is 10.1. The summed E-state index contributed by atoms with van der Waals surface area (Å²) in [4.78, 5) is 4.26. The summed E-state index contributed by atoms with van der Waals surface area (Å²) in [7, 11) is 0. The third-order valence-corrected chi connectivity index (χ3v) is 3.70. The largest absolute Gasteiger partial charge is 0.231 e. The number of nitrogens with zero attached hydrogens (tertiary/aromatic N) is 2. The van der Waals surface area contributed by atoms with Crippen LogP contribution in [0.4, 0.5) is 0 Å². The molecule has 2 nitrogen and oxygen atoms in total. The lowest BCUT2D eigenvalue weighted by Gasteiger charge is -2.06. The van der Waals surface area contributed by atoms with Crippen molar-refractivity contribution in [1.29, 1.82) is 5.26 Å². The molecular formula is C15H14N2S. The zero-order valence-corrected chi connectivity index (χ0v) is 11.3. The zero-order valence-electron chi connectivity index (χ0n) is 10.5. The van der Waals surface area contributed by atoms with E-state index in [1.165, 1.54) is 16.7 Å². The minimum Gasteiger partial charge on any atom is -0.231 e. The van der Waals surface area contributed by atoms with Gasteiger partial charge in [0.15, 0.2) is 0 Å². The Morgan fingerprint density at radius 1 is 1.22 bits per heavy atom. The Labute approximate surface area is 112 Å². The highest BCUT2D eigenvalue weighted by molar-refractivity contribution is 7.98. The molecule has 1 aromatic heterocycles. The number of nitriles is 1. The monoisotopic (exact) mass is 254 g/mol. The van der Waals surface area contributed by atoms with Crippen molar-refractivity contribution < 1.29 is 0 Å². The average Bonchev–Trinajstić information content (AvgIpc) is 2.40. The molecule has 0 aliphatic carbocycles. The van der Waals surface area contributed by atoms with Crippen molar-refractivity contribution in [2.24, 2.45) is 0 Å². The van der Waals surface area contributed by atoms with Crippen LogP contribution in [0.2, 0.25) is 0 Å². The molecule has 0 bridgehead atoms. The van der Waals surface area contributed by atoms with Crippen molar-refractivity contribution in [1.82, 2.24) is 4.98 Å². The van der Waals surface area contributed by atoms with Crippen LogP contribution in [-0.2, 0) is 5.75 Å². The van der Waals surface area contributed by atoms with E-state index < -0.39 is 0 Å². The van der Waals surface area contributed by atoms with E-state index in [9.17, 15) is 0 Å². The first-order valence-corrected chi connectivity index (χ1v) is 6.73. The molecule has 1 aromatic carbocycles. The van der Waals surface area contributed by atoms with Gasteiger partial charge in [0, 0.05) is 5.75 Å². The summed E-state index contributed by atoms with van der Waals surface area (Å²) >= 11 is 1.66. The first kappa shape index (κ1) is 12.7. The lowest BCUT2D eigenvalue weighted by molar-refractivity contribution is 1.10. The Morgan fingerprint density at radius 3 is 2.83 bits per heavy atom. The predicted molar refractivity (Wildman–Crippen MR) is 74.4 cm³/mol. The van der Waals surface area contributed by atoms with Crippen LogP contribution in [0.1, 0.15) is 22.4 Å². The van der Waals surface area contributed by atoms with Gasteiger partial charge in [-0.15, -0.1) is 11.8 Å². The fourth-order valence-electron chi connectivity index (χ4n) is 1.66. The summed E-state index contributed by atoms with van der Waals surface area (Å²) in [5.41, 5.74) is 4.37. The Bertz CT molecular complexity index is 600. The van der Waals surface area contributed by atoms with Gasteiger partial charge in [0.1, 0.15) is 11.8 Å². The summed E-state index contributed by atoms with van der Waals surface area (Å²) in [5, 5.41) is 9.70. The maximum absolute atomic E-state index is 8.81. The van der Waals surface area contributed by atoms with Gasteiger partial charge in [-0.05, 0) is 37.1 Å². The second-order valence-corrected chi connectivity index (χ2v) is 5.19. The SMILES string of the molecule is Cc1ccc(C)c(CSc2cccc(C#N)n2)c1. The Morgan fingerprint density at radius 2 is 2.06 bits per heavy atom. The molecule has 2 rings (SSSR count). The Hall–Kier alpha value is -1.79. The summed E-state index contributed by atoms with van der Waals surface area (Å²) in [6, 6.07) is 14.1. The van der Waals surface area contributed by atoms with E-state index in [-0.39, 0.29) is 0 Å². The van der Waals surface area contributed by atoms with Gasteiger partial charge < -0.3 is 0 Å². The van der Waals surface area contributed by atoms with Crippen LogP contribution in [0.3, 0.4) is 0 Å². The molecule has 0 saturated carbocycles. The minimum atomic E-state index is 0.473. The van der Waals surface area contributed by atoms with Gasteiger partial charge in [0.2, 0.25) is 0 Å². The van der Waals surface area contributed by atoms with Crippen LogP contribution in [0, 0.1) is 25.2 Å². The van der Waals surface area contributed by atoms with E-state index in [0.29, 0.717) is 5.69 Å². The van der Waals surface area contributed by atoms with E-state index in [4.69, 9.17) is 5.26 Å². The number of hydrogen-bond acceptors (Lipinski definition) is 3. The maximum Gasteiger partial charge on any atom is 0.141 e. The Balaban J connectivity index is 2.11. The predicted octanol–water partition coefficient (Wildman–Crippen LogP) is 3.86. The van der Waals surface area contributed by atoms with Gasteiger partial charge in [-0.2, -0.15) is 5.26 Å². The molecule has 0 spiro atoms. The fraction of sp³-hybridized carbons (Fsp3) is 0.200. The van der Waals surface area contributed by atoms with E-state index in [0.717, 1.165) is 10.8 Å². The maximum atomic E-state index is 8.81. The van der Waals surface area contributed by atoms with Crippen LogP contribution >= 0.6 is 11.8 Å². The summed E-state index contributed by atoms with van der Waals surface area (Å²) in [5.74, 6) is 0.884. The number of pyridine rings is 1. The number of rotatable bonds is 3. The van der Waals surface area contributed by atoms with E-state index in [1.807, 2.05) is 12.1 Å². The van der Waals surface area contributed by atoms with Crippen molar-refractivity contribution in [3.05, 3.63) is 58.8 Å². The molecule has 0 aliphatic rings. The molecular weight excluding hydrogens is 240 g/mol. The molecule has 18 heavy (non-hydrogen) atoms. The molecule has 0 saturated heterocycles. The van der Waals surface area contributed by atoms with Crippen molar-refractivity contribution in [3.8, 4) is 6.07 Å². The fourth-order valence-corrected chi connectivity index (χ4v) is 2.62. The number of thioether (sulfide) groups is 1. The van der Waals surface area contributed by atoms with Crippen LogP contribution < -0.4 is 0 Å². The lowest BCUT2D eigenvalue weighted by Crippen LogP contribution is -1.90. The molecule has 0 atom stereocenters. The highest BCUT2D eigenvalue weighted by atomic mass is 32.2. The van der Waals surface area contributed by atoms with Gasteiger partial charge in [-0.1, -0.05) is 29.8 Å². The third kappa shape index (κ3) is 3.12. The van der Waals surface area contributed by atoms with Crippen molar-refractivity contribution >= 4 is 11.8 Å². The number of aryl methyl sites for hydroxylation is 2.